The van der Waals surface area contributed by atoms with Crippen molar-refractivity contribution in [2.45, 2.75) is 195 Å². The summed E-state index contributed by atoms with van der Waals surface area (Å²) < 4.78 is 44.6. The van der Waals surface area contributed by atoms with Gasteiger partial charge in [0.1, 0.15) is 36.6 Å². The van der Waals surface area contributed by atoms with Crippen molar-refractivity contribution in [2.24, 2.45) is 11.8 Å². The van der Waals surface area contributed by atoms with E-state index in [4.69, 9.17) is 33.2 Å². The predicted octanol–water partition coefficient (Wildman–Crippen LogP) is 2.14. The Balaban J connectivity index is 1.12. The monoisotopic (exact) mass is 790 g/mol. The van der Waals surface area contributed by atoms with Gasteiger partial charge in [0.25, 0.3) is 0 Å². The van der Waals surface area contributed by atoms with Crippen LogP contribution in [0.1, 0.15) is 90.9 Å². The average molecular weight is 791 g/mol. The van der Waals surface area contributed by atoms with E-state index in [-0.39, 0.29) is 67.9 Å². The molecule has 14 nitrogen and oxygen atoms in total. The van der Waals surface area contributed by atoms with Crippen molar-refractivity contribution in [1.82, 2.24) is 0 Å². The molecule has 0 radical (unpaired) electrons. The van der Waals surface area contributed by atoms with Gasteiger partial charge in [0.05, 0.1) is 73.6 Å². The number of rotatable bonds is 2. The first kappa shape index (κ1) is 42.1. The second-order valence-corrected chi connectivity index (χ2v) is 17.3. The van der Waals surface area contributed by atoms with E-state index in [1.807, 2.05) is 6.92 Å². The van der Waals surface area contributed by atoms with Gasteiger partial charge in [-0.15, -0.1) is 0 Å². The molecule has 0 saturated carbocycles. The van der Waals surface area contributed by atoms with Crippen molar-refractivity contribution in [3.8, 4) is 0 Å². The lowest BCUT2D eigenvalue weighted by atomic mass is 9.79. The molecule has 5 N–H and O–H groups in total. The van der Waals surface area contributed by atoms with Gasteiger partial charge in [0.2, 0.25) is 0 Å². The van der Waals surface area contributed by atoms with Gasteiger partial charge >= 0.3 is 5.97 Å². The van der Waals surface area contributed by atoms with Gasteiger partial charge in [-0.2, -0.15) is 0 Å². The molecule has 9 heterocycles. The average Bonchev–Trinajstić information content (AvgIpc) is 3.53. The van der Waals surface area contributed by atoms with E-state index in [1.54, 1.807) is 0 Å². The molecule has 56 heavy (non-hydrogen) atoms. The first-order chi connectivity index (χ1) is 26.8. The molecule has 9 aliphatic rings. The van der Waals surface area contributed by atoms with Crippen LogP contribution in [-0.4, -0.2) is 148 Å². The molecular weight excluding hydrogens is 728 g/mol. The summed E-state index contributed by atoms with van der Waals surface area (Å²) in [7, 11) is 0. The highest BCUT2D eigenvalue weighted by Gasteiger charge is 2.53. The third-order valence-corrected chi connectivity index (χ3v) is 13.3. The summed E-state index contributed by atoms with van der Waals surface area (Å²) in [6, 6.07) is 0. The summed E-state index contributed by atoms with van der Waals surface area (Å²) in [5, 5.41) is 53.6. The number of carbonyl (C=O) groups is 2. The first-order valence-corrected chi connectivity index (χ1v) is 20.8. The van der Waals surface area contributed by atoms with Crippen LogP contribution in [-0.2, 0) is 42.7 Å². The molecule has 0 amide bonds. The Labute approximate surface area is 329 Å². The van der Waals surface area contributed by atoms with Gasteiger partial charge in [0, 0.05) is 31.8 Å². The fourth-order valence-electron chi connectivity index (χ4n) is 10.0. The molecule has 19 atom stereocenters. The Morgan fingerprint density at radius 1 is 0.696 bits per heavy atom. The fraction of sp³-hybridized carbons (Fsp3) is 0.810. The minimum Gasteiger partial charge on any atom is -0.459 e. The van der Waals surface area contributed by atoms with Crippen LogP contribution in [0.25, 0.3) is 0 Å². The topological polar surface area (TPSA) is 200 Å². The Hall–Kier alpha value is -2.08. The van der Waals surface area contributed by atoms with Crippen LogP contribution in [0, 0.1) is 11.8 Å². The van der Waals surface area contributed by atoms with Crippen LogP contribution in [0.3, 0.4) is 0 Å². The largest absolute Gasteiger partial charge is 0.459 e. The summed E-state index contributed by atoms with van der Waals surface area (Å²) in [5.74, 6) is -0.899. The number of hydrogen-bond donors (Lipinski definition) is 5. The van der Waals surface area contributed by atoms with E-state index < -0.39 is 85.3 Å². The van der Waals surface area contributed by atoms with Crippen molar-refractivity contribution >= 4 is 11.8 Å². The second kappa shape index (κ2) is 18.0. The quantitative estimate of drug-likeness (QED) is 0.201. The Morgan fingerprint density at radius 3 is 2.20 bits per heavy atom. The van der Waals surface area contributed by atoms with Crippen LogP contribution >= 0.6 is 0 Å². The second-order valence-electron chi connectivity index (χ2n) is 17.3. The van der Waals surface area contributed by atoms with Crippen molar-refractivity contribution in [1.29, 1.82) is 0 Å². The van der Waals surface area contributed by atoms with Crippen molar-refractivity contribution in [2.75, 3.05) is 6.61 Å². The minimum atomic E-state index is -1.51. The van der Waals surface area contributed by atoms with Crippen LogP contribution < -0.4 is 0 Å². The van der Waals surface area contributed by atoms with E-state index in [1.165, 1.54) is 12.2 Å². The number of aliphatic hydroxyl groups is 5. The zero-order valence-corrected chi connectivity index (χ0v) is 32.6. The van der Waals surface area contributed by atoms with Gasteiger partial charge in [-0.05, 0) is 80.6 Å². The maximum absolute atomic E-state index is 13.8. The van der Waals surface area contributed by atoms with E-state index in [9.17, 15) is 35.1 Å². The standard InChI is InChI=1S/C42H62O14/c1-20-15-26-8-11-30-21(2)16-25(50-30)7-5-24(44)6-10-28(45)41-37(48)38(49)42-32(55-41)12-9-27(52-42)17-36(47)56-40-23(4)39-34(18-29(46)31(54-39)13-14-43)53-35(40)19-33(51-26)22(20)3/h6,10,20,23,25-35,37-43,45-46,48-49H,2-3,5,7-9,11-19H2,1,4H3/b10-6+/t20?,23-,25?,26?,27?,28?,29?,30?,31?,32?,33?,34?,35-,37?,38?,39?,40?,41-,42?/m0/s1. The highest BCUT2D eigenvalue weighted by molar-refractivity contribution is 5.89. The lowest BCUT2D eigenvalue weighted by Crippen LogP contribution is -2.63. The van der Waals surface area contributed by atoms with Crippen molar-refractivity contribution in [3.63, 3.8) is 0 Å². The van der Waals surface area contributed by atoms with Crippen molar-refractivity contribution in [3.05, 3.63) is 36.5 Å². The summed E-state index contributed by atoms with van der Waals surface area (Å²) in [6.45, 7) is 12.6. The van der Waals surface area contributed by atoms with E-state index in [2.05, 4.69) is 20.1 Å². The number of allylic oxidation sites excluding steroid dienone is 1. The van der Waals surface area contributed by atoms with Gasteiger partial charge in [-0.1, -0.05) is 27.0 Å². The SMILES string of the molecule is C=C1CC2CCC(=O)/C=C/C(O)[C@@H]3OC4CCC(CC(=O)OC5[C@@H](C)C6OC(CCO)C(O)CC6O[C@H]5CC5OC(CCC1O2)CC(C)C5=C)OC4C(O)C3O. The number of fused-ring (bicyclic) bond motifs is 3. The molecule has 16 unspecified atom stereocenters. The summed E-state index contributed by atoms with van der Waals surface area (Å²) in [5.41, 5.74) is 1.92. The number of esters is 1. The molecule has 14 heteroatoms. The molecule has 0 spiro atoms. The Bertz CT molecular complexity index is 1450. The summed E-state index contributed by atoms with van der Waals surface area (Å²) in [4.78, 5) is 26.6. The molecule has 9 aliphatic heterocycles. The molecule has 314 valence electrons. The molecule has 0 aromatic rings. The van der Waals surface area contributed by atoms with Crippen molar-refractivity contribution < 1.29 is 68.3 Å². The maximum atomic E-state index is 13.8. The zero-order chi connectivity index (χ0) is 39.8. The zero-order valence-electron chi connectivity index (χ0n) is 32.6. The van der Waals surface area contributed by atoms with Crippen LogP contribution in [0.4, 0.5) is 0 Å². The van der Waals surface area contributed by atoms with Gasteiger partial charge < -0.3 is 58.7 Å². The fourth-order valence-corrected chi connectivity index (χ4v) is 10.0. The van der Waals surface area contributed by atoms with E-state index in [0.717, 1.165) is 24.0 Å². The molecule has 8 bridgehead atoms. The molecule has 0 aromatic heterocycles. The molecule has 0 aliphatic carbocycles. The highest BCUT2D eigenvalue weighted by atomic mass is 16.6. The number of carbonyl (C=O) groups excluding carboxylic acids is 2. The minimum absolute atomic E-state index is 0.0815. The molecule has 6 saturated heterocycles. The number of ketones is 1. The Kier molecular flexibility index (Phi) is 13.6. The van der Waals surface area contributed by atoms with E-state index in [0.29, 0.717) is 44.9 Å². The van der Waals surface area contributed by atoms with Gasteiger partial charge in [-0.3, -0.25) is 9.59 Å². The van der Waals surface area contributed by atoms with Gasteiger partial charge in [0.15, 0.2) is 5.78 Å². The van der Waals surface area contributed by atoms with Gasteiger partial charge in [-0.25, -0.2) is 0 Å². The lowest BCUT2D eigenvalue weighted by molar-refractivity contribution is -0.278. The predicted molar refractivity (Wildman–Crippen MR) is 199 cm³/mol. The molecular formula is C42H62O14. The lowest BCUT2D eigenvalue weighted by Gasteiger charge is -2.51. The normalized spacial score (nSPS) is 48.9. The molecule has 6 fully saturated rings. The van der Waals surface area contributed by atoms with Crippen LogP contribution in [0.2, 0.25) is 0 Å². The molecule has 9 rings (SSSR count). The van der Waals surface area contributed by atoms with Crippen LogP contribution in [0.5, 0.6) is 0 Å². The number of hydrogen-bond acceptors (Lipinski definition) is 14. The highest BCUT2D eigenvalue weighted by Crippen LogP contribution is 2.42. The first-order valence-electron chi connectivity index (χ1n) is 20.8. The number of ether oxygens (including phenoxy) is 7. The third kappa shape index (κ3) is 9.21. The third-order valence-electron chi connectivity index (χ3n) is 13.3. The summed E-state index contributed by atoms with van der Waals surface area (Å²) >= 11 is 0. The number of aliphatic hydroxyl groups excluding tert-OH is 5. The van der Waals surface area contributed by atoms with E-state index >= 15 is 0 Å². The molecule has 0 aromatic carbocycles. The maximum Gasteiger partial charge on any atom is 0.308 e. The smallest absolute Gasteiger partial charge is 0.308 e. The summed E-state index contributed by atoms with van der Waals surface area (Å²) in [6.07, 6.45) is -4.42. The Morgan fingerprint density at radius 2 is 1.41 bits per heavy atom. The van der Waals surface area contributed by atoms with Crippen LogP contribution in [0.15, 0.2) is 36.5 Å².